The largest absolute Gasteiger partial charge is 0.493 e. The maximum Gasteiger partial charge on any atom is 0.133 e. The topological polar surface area (TPSA) is 21.3 Å². The number of nitrogens with one attached hydrogen (secondary N) is 1. The standard InChI is InChI=1S/C14H20BrNO/c1-3-17-13-8-7-11(9-12(13)15)14(16-2)10-5-4-6-10/h7-10,14,16H,3-6H2,1-2H3. The summed E-state index contributed by atoms with van der Waals surface area (Å²) in [6, 6.07) is 6.90. The monoisotopic (exact) mass is 297 g/mol. The molecule has 0 amide bonds. The Kier molecular flexibility index (Phi) is 4.46. The van der Waals surface area contributed by atoms with E-state index in [9.17, 15) is 0 Å². The Morgan fingerprint density at radius 3 is 2.71 bits per heavy atom. The SMILES string of the molecule is CCOc1ccc(C(NC)C2CCC2)cc1Br. The number of rotatable bonds is 5. The summed E-state index contributed by atoms with van der Waals surface area (Å²) in [7, 11) is 2.05. The van der Waals surface area contributed by atoms with Gasteiger partial charge in [-0.2, -0.15) is 0 Å². The van der Waals surface area contributed by atoms with Crippen LogP contribution in [0.25, 0.3) is 0 Å². The van der Waals surface area contributed by atoms with E-state index in [1.807, 2.05) is 14.0 Å². The van der Waals surface area contributed by atoms with Crippen molar-refractivity contribution in [1.29, 1.82) is 0 Å². The van der Waals surface area contributed by atoms with Crippen molar-refractivity contribution in [2.75, 3.05) is 13.7 Å². The van der Waals surface area contributed by atoms with Crippen molar-refractivity contribution < 1.29 is 4.74 Å². The fourth-order valence-electron chi connectivity index (χ4n) is 2.43. The van der Waals surface area contributed by atoms with E-state index in [0.29, 0.717) is 12.6 Å². The van der Waals surface area contributed by atoms with Crippen LogP contribution in [0.4, 0.5) is 0 Å². The molecule has 3 heteroatoms. The van der Waals surface area contributed by atoms with Crippen LogP contribution in [0.3, 0.4) is 0 Å². The van der Waals surface area contributed by atoms with Gasteiger partial charge in [-0.25, -0.2) is 0 Å². The summed E-state index contributed by atoms with van der Waals surface area (Å²) in [5.41, 5.74) is 1.35. The van der Waals surface area contributed by atoms with Crippen LogP contribution in [-0.2, 0) is 0 Å². The van der Waals surface area contributed by atoms with Gasteiger partial charge < -0.3 is 10.1 Å². The lowest BCUT2D eigenvalue weighted by Gasteiger charge is -2.34. The zero-order chi connectivity index (χ0) is 12.3. The minimum absolute atomic E-state index is 0.482. The molecule has 0 aromatic heterocycles. The molecule has 94 valence electrons. The highest BCUT2D eigenvalue weighted by Crippen LogP contribution is 2.39. The van der Waals surface area contributed by atoms with Crippen molar-refractivity contribution in [2.24, 2.45) is 5.92 Å². The molecule has 0 saturated heterocycles. The van der Waals surface area contributed by atoms with E-state index in [1.165, 1.54) is 24.8 Å². The Bertz CT molecular complexity index is 376. The molecule has 0 heterocycles. The summed E-state index contributed by atoms with van der Waals surface area (Å²) >= 11 is 3.58. The Balaban J connectivity index is 2.16. The van der Waals surface area contributed by atoms with Crippen molar-refractivity contribution in [1.82, 2.24) is 5.32 Å². The number of hydrogen-bond donors (Lipinski definition) is 1. The van der Waals surface area contributed by atoms with E-state index in [2.05, 4.69) is 39.4 Å². The molecular weight excluding hydrogens is 278 g/mol. The molecule has 2 rings (SSSR count). The summed E-state index contributed by atoms with van der Waals surface area (Å²) in [6.45, 7) is 2.71. The quantitative estimate of drug-likeness (QED) is 0.890. The van der Waals surface area contributed by atoms with Gasteiger partial charge in [0.2, 0.25) is 0 Å². The second kappa shape index (κ2) is 5.87. The highest BCUT2D eigenvalue weighted by molar-refractivity contribution is 9.10. The van der Waals surface area contributed by atoms with Crippen LogP contribution in [0.5, 0.6) is 5.75 Å². The second-order valence-corrected chi connectivity index (χ2v) is 5.43. The van der Waals surface area contributed by atoms with Crippen LogP contribution in [0, 0.1) is 5.92 Å². The second-order valence-electron chi connectivity index (χ2n) is 4.58. The van der Waals surface area contributed by atoms with Crippen LogP contribution in [0.15, 0.2) is 22.7 Å². The lowest BCUT2D eigenvalue weighted by atomic mass is 9.77. The number of halogens is 1. The summed E-state index contributed by atoms with van der Waals surface area (Å²) < 4.78 is 6.59. The minimum atomic E-state index is 0.482. The summed E-state index contributed by atoms with van der Waals surface area (Å²) in [5, 5.41) is 3.44. The van der Waals surface area contributed by atoms with Gasteiger partial charge >= 0.3 is 0 Å². The molecule has 17 heavy (non-hydrogen) atoms. The molecule has 1 unspecified atom stereocenters. The molecule has 0 spiro atoms. The lowest BCUT2D eigenvalue weighted by molar-refractivity contribution is 0.239. The van der Waals surface area contributed by atoms with Gasteiger partial charge in [0.25, 0.3) is 0 Å². The molecule has 0 aliphatic heterocycles. The van der Waals surface area contributed by atoms with Crippen molar-refractivity contribution in [2.45, 2.75) is 32.2 Å². The number of hydrogen-bond acceptors (Lipinski definition) is 2. The summed E-state index contributed by atoms with van der Waals surface area (Å²) in [4.78, 5) is 0. The average Bonchev–Trinajstić information content (AvgIpc) is 2.26. The van der Waals surface area contributed by atoms with Crippen molar-refractivity contribution in [3.8, 4) is 5.75 Å². The van der Waals surface area contributed by atoms with E-state index < -0.39 is 0 Å². The molecule has 1 aromatic carbocycles. The molecule has 2 nitrogen and oxygen atoms in total. The molecule has 1 aliphatic carbocycles. The van der Waals surface area contributed by atoms with Gasteiger partial charge in [0, 0.05) is 6.04 Å². The average molecular weight is 298 g/mol. The van der Waals surface area contributed by atoms with E-state index >= 15 is 0 Å². The molecular formula is C14H20BrNO. The zero-order valence-corrected chi connectivity index (χ0v) is 12.1. The smallest absolute Gasteiger partial charge is 0.133 e. The van der Waals surface area contributed by atoms with Crippen molar-refractivity contribution in [3.63, 3.8) is 0 Å². The fourth-order valence-corrected chi connectivity index (χ4v) is 2.94. The zero-order valence-electron chi connectivity index (χ0n) is 10.5. The molecule has 1 aliphatic rings. The van der Waals surface area contributed by atoms with Gasteiger partial charge in [0.15, 0.2) is 0 Å². The van der Waals surface area contributed by atoms with Gasteiger partial charge in [0.1, 0.15) is 5.75 Å². The van der Waals surface area contributed by atoms with Gasteiger partial charge in [-0.05, 0) is 66.4 Å². The van der Waals surface area contributed by atoms with E-state index in [0.717, 1.165) is 16.1 Å². The first-order chi connectivity index (χ1) is 8.26. The predicted molar refractivity (Wildman–Crippen MR) is 74.5 cm³/mol. The van der Waals surface area contributed by atoms with Crippen molar-refractivity contribution in [3.05, 3.63) is 28.2 Å². The van der Waals surface area contributed by atoms with Crippen LogP contribution in [0.2, 0.25) is 0 Å². The van der Waals surface area contributed by atoms with E-state index in [4.69, 9.17) is 4.74 Å². The van der Waals surface area contributed by atoms with Crippen LogP contribution >= 0.6 is 15.9 Å². The number of ether oxygens (including phenoxy) is 1. The Labute approximate surface area is 112 Å². The van der Waals surface area contributed by atoms with Gasteiger partial charge in [-0.3, -0.25) is 0 Å². The van der Waals surface area contributed by atoms with Gasteiger partial charge in [-0.1, -0.05) is 12.5 Å². The van der Waals surface area contributed by atoms with E-state index in [1.54, 1.807) is 0 Å². The molecule has 1 saturated carbocycles. The highest BCUT2D eigenvalue weighted by Gasteiger charge is 2.27. The molecule has 0 bridgehead atoms. The Morgan fingerprint density at radius 2 is 2.24 bits per heavy atom. The lowest BCUT2D eigenvalue weighted by Crippen LogP contribution is -2.29. The molecule has 0 radical (unpaired) electrons. The summed E-state index contributed by atoms with van der Waals surface area (Å²) in [6.07, 6.45) is 4.06. The molecule has 1 N–H and O–H groups in total. The van der Waals surface area contributed by atoms with Gasteiger partial charge in [0.05, 0.1) is 11.1 Å². The third kappa shape index (κ3) is 2.83. The first kappa shape index (κ1) is 12.9. The first-order valence-electron chi connectivity index (χ1n) is 6.35. The minimum Gasteiger partial charge on any atom is -0.493 e. The van der Waals surface area contributed by atoms with Crippen LogP contribution < -0.4 is 10.1 Å². The van der Waals surface area contributed by atoms with Crippen LogP contribution in [0.1, 0.15) is 37.8 Å². The molecule has 1 atom stereocenters. The highest BCUT2D eigenvalue weighted by atomic mass is 79.9. The summed E-state index contributed by atoms with van der Waals surface area (Å²) in [5.74, 6) is 1.73. The number of benzene rings is 1. The maximum atomic E-state index is 5.54. The Hall–Kier alpha value is -0.540. The van der Waals surface area contributed by atoms with Gasteiger partial charge in [-0.15, -0.1) is 0 Å². The molecule has 1 aromatic rings. The normalized spacial score (nSPS) is 17.6. The van der Waals surface area contributed by atoms with Crippen LogP contribution in [-0.4, -0.2) is 13.7 Å². The van der Waals surface area contributed by atoms with Crippen molar-refractivity contribution >= 4 is 15.9 Å². The third-order valence-corrected chi connectivity index (χ3v) is 4.17. The predicted octanol–water partition coefficient (Wildman–Crippen LogP) is 3.91. The first-order valence-corrected chi connectivity index (χ1v) is 7.15. The maximum absolute atomic E-state index is 5.54. The Morgan fingerprint density at radius 1 is 1.47 bits per heavy atom. The fraction of sp³-hybridized carbons (Fsp3) is 0.571. The van der Waals surface area contributed by atoms with E-state index in [-0.39, 0.29) is 0 Å². The third-order valence-electron chi connectivity index (χ3n) is 3.55. The molecule has 1 fully saturated rings.